The zero-order valence-electron chi connectivity index (χ0n) is 9.26. The van der Waals surface area contributed by atoms with Gasteiger partial charge in [0.2, 0.25) is 0 Å². The van der Waals surface area contributed by atoms with E-state index in [1.807, 2.05) is 0 Å². The molecule has 0 atom stereocenters. The van der Waals surface area contributed by atoms with Crippen LogP contribution in [0.5, 0.6) is 0 Å². The molecule has 0 saturated carbocycles. The van der Waals surface area contributed by atoms with Crippen molar-refractivity contribution >= 4 is 63.3 Å². The number of anilines is 3. The number of nitrogens with two attached hydrogens (primary N) is 1. The van der Waals surface area contributed by atoms with Crippen LogP contribution in [0.3, 0.4) is 0 Å². The fourth-order valence-corrected chi connectivity index (χ4v) is 2.72. The van der Waals surface area contributed by atoms with Gasteiger partial charge >= 0.3 is 0 Å². The number of hydrogen-bond acceptors (Lipinski definition) is 6. The first-order valence-electron chi connectivity index (χ1n) is 5.10. The largest absolute Gasteiger partial charge is 0.381 e. The van der Waals surface area contributed by atoms with E-state index in [1.54, 1.807) is 6.07 Å². The maximum atomic E-state index is 6.17. The molecule has 1 aromatic carbocycles. The molecule has 2 aromatic rings. The third-order valence-corrected chi connectivity index (χ3v) is 3.53. The Bertz CT molecular complexity index is 741. The normalized spacial score (nSPS) is 12.1. The lowest BCUT2D eigenvalue weighted by Gasteiger charge is -2.12. The van der Waals surface area contributed by atoms with Gasteiger partial charge in [0, 0.05) is 12.4 Å². The Morgan fingerprint density at radius 3 is 2.58 bits per heavy atom. The summed E-state index contributed by atoms with van der Waals surface area (Å²) in [7, 11) is 0. The summed E-state index contributed by atoms with van der Waals surface area (Å²) in [4.78, 5) is 8.03. The van der Waals surface area contributed by atoms with Crippen LogP contribution in [0.4, 0.5) is 28.7 Å². The van der Waals surface area contributed by atoms with E-state index < -0.39 is 0 Å². The molecular weight excluding hydrogens is 307 g/mol. The first-order valence-corrected chi connectivity index (χ1v) is 6.59. The quantitative estimate of drug-likeness (QED) is 0.752. The Morgan fingerprint density at radius 2 is 1.79 bits per heavy atom. The molecular formula is C10H6Cl2N6S. The van der Waals surface area contributed by atoms with Crippen molar-refractivity contribution in [2.45, 2.75) is 0 Å². The monoisotopic (exact) mass is 312 g/mol. The van der Waals surface area contributed by atoms with E-state index >= 15 is 0 Å². The van der Waals surface area contributed by atoms with Crippen molar-refractivity contribution in [1.29, 1.82) is 0 Å². The zero-order chi connectivity index (χ0) is 13.4. The fraction of sp³-hybridized carbons (Fsp3) is 0. The summed E-state index contributed by atoms with van der Waals surface area (Å²) in [5.74, 6) is 0.672. The topological polar surface area (TPSA) is 88.5 Å². The Hall–Kier alpha value is -1.70. The van der Waals surface area contributed by atoms with E-state index in [0.29, 0.717) is 32.9 Å². The van der Waals surface area contributed by atoms with Gasteiger partial charge in [-0.1, -0.05) is 23.2 Å². The van der Waals surface area contributed by atoms with Gasteiger partial charge in [-0.15, -0.1) is 0 Å². The smallest absolute Gasteiger partial charge is 0.173 e. The molecule has 96 valence electrons. The predicted octanol–water partition coefficient (Wildman–Crippen LogP) is 3.84. The summed E-state index contributed by atoms with van der Waals surface area (Å²) in [5, 5.41) is 3.87. The van der Waals surface area contributed by atoms with E-state index in [9.17, 15) is 0 Å². The first-order chi connectivity index (χ1) is 9.16. The third-order valence-electron chi connectivity index (χ3n) is 2.41. The highest BCUT2D eigenvalue weighted by Crippen LogP contribution is 2.48. The highest BCUT2D eigenvalue weighted by Gasteiger charge is 2.19. The van der Waals surface area contributed by atoms with Crippen molar-refractivity contribution in [3.05, 3.63) is 28.5 Å². The van der Waals surface area contributed by atoms with E-state index in [-0.39, 0.29) is 5.82 Å². The molecule has 19 heavy (non-hydrogen) atoms. The molecule has 0 amide bonds. The maximum absolute atomic E-state index is 6.17. The predicted molar refractivity (Wildman–Crippen MR) is 77.7 cm³/mol. The number of halogens is 2. The summed E-state index contributed by atoms with van der Waals surface area (Å²) in [6.45, 7) is 0. The lowest BCUT2D eigenvalue weighted by atomic mass is 10.2. The molecule has 1 aliphatic heterocycles. The van der Waals surface area contributed by atoms with Crippen LogP contribution >= 0.6 is 23.2 Å². The van der Waals surface area contributed by atoms with E-state index in [0.717, 1.165) is 11.4 Å². The number of aromatic nitrogens is 2. The van der Waals surface area contributed by atoms with Crippen molar-refractivity contribution in [3.63, 3.8) is 0 Å². The van der Waals surface area contributed by atoms with Crippen LogP contribution in [0.15, 0.2) is 27.2 Å². The molecule has 1 aromatic heterocycles. The van der Waals surface area contributed by atoms with Crippen LogP contribution in [-0.2, 0) is 11.4 Å². The third kappa shape index (κ3) is 2.16. The molecule has 0 bridgehead atoms. The van der Waals surface area contributed by atoms with Gasteiger partial charge in [-0.2, -0.15) is 8.73 Å². The Morgan fingerprint density at radius 1 is 1.05 bits per heavy atom. The molecule has 2 heterocycles. The van der Waals surface area contributed by atoms with Gasteiger partial charge in [-0.25, -0.2) is 9.97 Å². The maximum Gasteiger partial charge on any atom is 0.173 e. The van der Waals surface area contributed by atoms with Crippen LogP contribution in [0.25, 0.3) is 0 Å². The summed E-state index contributed by atoms with van der Waals surface area (Å²) >= 11 is 13.3. The molecule has 9 heteroatoms. The zero-order valence-corrected chi connectivity index (χ0v) is 11.6. The first kappa shape index (κ1) is 12.3. The molecule has 0 aliphatic carbocycles. The Balaban J connectivity index is 2.10. The average molecular weight is 313 g/mol. The number of hydrogen-bond donors (Lipinski definition) is 2. The number of fused-ring (bicyclic) bond motifs is 1. The van der Waals surface area contributed by atoms with Gasteiger partial charge in [0.05, 0.1) is 27.1 Å². The van der Waals surface area contributed by atoms with Crippen LogP contribution in [-0.4, -0.2) is 9.97 Å². The van der Waals surface area contributed by atoms with Gasteiger partial charge in [-0.3, -0.25) is 0 Å². The number of benzene rings is 1. The standard InChI is InChI=1S/C10H6Cl2N6S/c11-4-3-5(12)7-8(18-19-17-7)6(4)16-10-9(13)14-1-2-15-10/h1-3H,(H2,13,14)(H,15,16). The molecule has 3 N–H and O–H groups in total. The molecule has 0 saturated heterocycles. The Labute approximate surface area is 121 Å². The molecule has 0 spiro atoms. The summed E-state index contributed by atoms with van der Waals surface area (Å²) in [6, 6.07) is 1.60. The van der Waals surface area contributed by atoms with Crippen molar-refractivity contribution in [3.8, 4) is 0 Å². The lowest BCUT2D eigenvalue weighted by molar-refractivity contribution is 1.21. The molecule has 0 fully saturated rings. The second kappa shape index (κ2) is 4.76. The van der Waals surface area contributed by atoms with Gasteiger partial charge in [0.1, 0.15) is 11.4 Å². The number of nitrogens with one attached hydrogen (secondary N) is 1. The van der Waals surface area contributed by atoms with Crippen molar-refractivity contribution in [2.24, 2.45) is 8.73 Å². The van der Waals surface area contributed by atoms with Crippen LogP contribution in [0.1, 0.15) is 0 Å². The van der Waals surface area contributed by atoms with E-state index in [1.165, 1.54) is 12.4 Å². The lowest BCUT2D eigenvalue weighted by Crippen LogP contribution is -2.01. The summed E-state index contributed by atoms with van der Waals surface area (Å²) in [6.07, 6.45) is 3.03. The molecule has 0 radical (unpaired) electrons. The molecule has 0 unspecified atom stereocenters. The Kier molecular flexibility index (Phi) is 3.09. The van der Waals surface area contributed by atoms with Gasteiger partial charge < -0.3 is 11.1 Å². The average Bonchev–Trinajstić information content (AvgIpc) is 2.86. The molecule has 1 aliphatic rings. The SMILES string of the molecule is Nc1nccnc1Nc1c(Cl)cc(Cl)c2c1N=S=N2. The molecule has 6 nitrogen and oxygen atoms in total. The van der Waals surface area contributed by atoms with Crippen molar-refractivity contribution in [2.75, 3.05) is 11.1 Å². The van der Waals surface area contributed by atoms with Crippen LogP contribution in [0.2, 0.25) is 10.0 Å². The number of rotatable bonds is 2. The van der Waals surface area contributed by atoms with Gasteiger partial charge in [-0.05, 0) is 6.07 Å². The van der Waals surface area contributed by atoms with Crippen molar-refractivity contribution in [1.82, 2.24) is 9.97 Å². The van der Waals surface area contributed by atoms with Crippen molar-refractivity contribution < 1.29 is 0 Å². The fourth-order valence-electron chi connectivity index (χ4n) is 1.56. The molecule has 3 rings (SSSR count). The van der Waals surface area contributed by atoms with Crippen LogP contribution < -0.4 is 11.1 Å². The second-order valence-electron chi connectivity index (χ2n) is 3.59. The number of nitrogens with zero attached hydrogens (tertiary/aromatic N) is 4. The van der Waals surface area contributed by atoms with Crippen LogP contribution in [0, 0.1) is 0 Å². The minimum atomic E-state index is 0.268. The minimum Gasteiger partial charge on any atom is -0.381 e. The second-order valence-corrected chi connectivity index (χ2v) is 4.93. The summed E-state index contributed by atoms with van der Waals surface area (Å²) < 4.78 is 8.29. The minimum absolute atomic E-state index is 0.268. The summed E-state index contributed by atoms with van der Waals surface area (Å²) in [5.41, 5.74) is 7.45. The number of nitrogen functional groups attached to an aromatic ring is 1. The van der Waals surface area contributed by atoms with E-state index in [4.69, 9.17) is 28.9 Å². The van der Waals surface area contributed by atoms with Gasteiger partial charge in [0.15, 0.2) is 11.6 Å². The van der Waals surface area contributed by atoms with Gasteiger partial charge in [0.25, 0.3) is 0 Å². The highest BCUT2D eigenvalue weighted by molar-refractivity contribution is 7.58. The highest BCUT2D eigenvalue weighted by atomic mass is 35.5. The van der Waals surface area contributed by atoms with E-state index in [2.05, 4.69) is 24.0 Å².